The van der Waals surface area contributed by atoms with Crippen molar-refractivity contribution in [2.24, 2.45) is 0 Å². The first kappa shape index (κ1) is 9.84. The summed E-state index contributed by atoms with van der Waals surface area (Å²) < 4.78 is 29.8. The van der Waals surface area contributed by atoms with E-state index in [9.17, 15) is 4.57 Å². The van der Waals surface area contributed by atoms with E-state index >= 15 is 0 Å². The van der Waals surface area contributed by atoms with Gasteiger partial charge in [-0.2, -0.15) is 0 Å². The maximum Gasteiger partial charge on any atom is 0.379 e. The second-order valence-electron chi connectivity index (χ2n) is 2.45. The smallest absolute Gasteiger partial charge is 0.304 e. The van der Waals surface area contributed by atoms with Crippen molar-refractivity contribution in [1.29, 1.82) is 0 Å². The van der Waals surface area contributed by atoms with Crippen molar-refractivity contribution in [3.05, 3.63) is 24.4 Å². The normalized spacial score (nSPS) is 12.6. The molecule has 1 heterocycles. The lowest BCUT2D eigenvalue weighted by molar-refractivity contribution is 0.229. The third-order valence-electron chi connectivity index (χ3n) is 1.47. The van der Waals surface area contributed by atoms with Crippen LogP contribution in [0.15, 0.2) is 24.4 Å². The van der Waals surface area contributed by atoms with Gasteiger partial charge in [-0.1, -0.05) is 6.04 Å². The first-order valence-corrected chi connectivity index (χ1v) is 5.99. The molecule has 0 N–H and O–H groups in total. The first-order valence-electron chi connectivity index (χ1n) is 4.94. The summed E-state index contributed by atoms with van der Waals surface area (Å²) >= 11 is 0. The molecule has 14 heavy (non-hydrogen) atoms. The SMILES string of the molecule is [2H]c1ccnc(P(=O)(OCC)OCC)c1. The van der Waals surface area contributed by atoms with E-state index in [0.29, 0.717) is 0 Å². The average Bonchev–Trinajstić information content (AvgIpc) is 2.18. The van der Waals surface area contributed by atoms with Gasteiger partial charge < -0.3 is 9.05 Å². The quantitative estimate of drug-likeness (QED) is 0.706. The Morgan fingerprint density at radius 1 is 1.50 bits per heavy atom. The number of pyridine rings is 1. The van der Waals surface area contributed by atoms with Gasteiger partial charge in [0.2, 0.25) is 0 Å². The number of hydrogen-bond acceptors (Lipinski definition) is 4. The second-order valence-corrected chi connectivity index (χ2v) is 4.42. The minimum atomic E-state index is -3.33. The molecule has 0 fully saturated rings. The van der Waals surface area contributed by atoms with Crippen LogP contribution < -0.4 is 5.44 Å². The van der Waals surface area contributed by atoms with Crippen molar-refractivity contribution in [2.75, 3.05) is 13.2 Å². The second kappa shape index (κ2) is 5.25. The largest absolute Gasteiger partial charge is 0.379 e. The van der Waals surface area contributed by atoms with Crippen LogP contribution in [0, 0.1) is 0 Å². The summed E-state index contributed by atoms with van der Waals surface area (Å²) in [6.07, 6.45) is 1.42. The minimum Gasteiger partial charge on any atom is -0.304 e. The Morgan fingerprint density at radius 2 is 2.14 bits per heavy atom. The summed E-state index contributed by atoms with van der Waals surface area (Å²) in [5.74, 6) is 0. The molecule has 5 heteroatoms. The van der Waals surface area contributed by atoms with Crippen LogP contribution >= 0.6 is 7.60 Å². The zero-order valence-corrected chi connectivity index (χ0v) is 9.16. The van der Waals surface area contributed by atoms with Crippen molar-refractivity contribution in [3.63, 3.8) is 0 Å². The summed E-state index contributed by atoms with van der Waals surface area (Å²) in [6, 6.07) is 3.14. The molecule has 0 saturated heterocycles. The molecule has 0 amide bonds. The topological polar surface area (TPSA) is 48.4 Å². The summed E-state index contributed by atoms with van der Waals surface area (Å²) in [5.41, 5.74) is 0.193. The van der Waals surface area contributed by atoms with Crippen LogP contribution in [0.2, 0.25) is 0 Å². The predicted molar refractivity (Wildman–Crippen MR) is 54.7 cm³/mol. The van der Waals surface area contributed by atoms with Crippen LogP contribution in [0.5, 0.6) is 0 Å². The monoisotopic (exact) mass is 216 g/mol. The Balaban J connectivity index is 3.03. The Hall–Kier alpha value is -0.700. The zero-order valence-electron chi connectivity index (χ0n) is 9.27. The van der Waals surface area contributed by atoms with Gasteiger partial charge in [-0.25, -0.2) is 4.98 Å². The Labute approximate surface area is 85.2 Å². The van der Waals surface area contributed by atoms with E-state index in [-0.39, 0.29) is 24.7 Å². The van der Waals surface area contributed by atoms with E-state index in [0.717, 1.165) is 0 Å². The van der Waals surface area contributed by atoms with Crippen molar-refractivity contribution >= 4 is 13.0 Å². The molecule has 0 bridgehead atoms. The van der Waals surface area contributed by atoms with Gasteiger partial charge in [0, 0.05) is 6.20 Å². The molecule has 0 aliphatic rings. The van der Waals surface area contributed by atoms with E-state index in [2.05, 4.69) is 4.98 Å². The van der Waals surface area contributed by atoms with Gasteiger partial charge in [0.05, 0.1) is 14.6 Å². The lowest BCUT2D eigenvalue weighted by atomic mass is 10.5. The minimum absolute atomic E-state index is 0.193. The van der Waals surface area contributed by atoms with Crippen LogP contribution in [-0.2, 0) is 13.6 Å². The molecular weight excluding hydrogens is 201 g/mol. The third-order valence-corrected chi connectivity index (χ3v) is 3.47. The molecule has 78 valence electrons. The molecular formula is C9H14NO3P. The average molecular weight is 216 g/mol. The molecule has 1 aromatic heterocycles. The van der Waals surface area contributed by atoms with Gasteiger partial charge in [-0.15, -0.1) is 0 Å². The number of nitrogens with zero attached hydrogens (tertiary/aromatic N) is 1. The van der Waals surface area contributed by atoms with E-state index in [1.54, 1.807) is 13.8 Å². The highest BCUT2D eigenvalue weighted by molar-refractivity contribution is 7.61. The lowest BCUT2D eigenvalue weighted by Crippen LogP contribution is -2.13. The Morgan fingerprint density at radius 3 is 2.64 bits per heavy atom. The van der Waals surface area contributed by atoms with Crippen molar-refractivity contribution < 1.29 is 15.0 Å². The summed E-state index contributed by atoms with van der Waals surface area (Å²) in [6.45, 7) is 4.02. The van der Waals surface area contributed by atoms with Gasteiger partial charge in [0.25, 0.3) is 0 Å². The van der Waals surface area contributed by atoms with Crippen LogP contribution in [0.3, 0.4) is 0 Å². The fraction of sp³-hybridized carbons (Fsp3) is 0.444. The number of rotatable bonds is 5. The van der Waals surface area contributed by atoms with E-state index in [4.69, 9.17) is 10.4 Å². The molecule has 0 radical (unpaired) electrons. The van der Waals surface area contributed by atoms with Gasteiger partial charge >= 0.3 is 7.60 Å². The van der Waals surface area contributed by atoms with Gasteiger partial charge in [0.15, 0.2) is 5.44 Å². The molecule has 0 spiro atoms. The molecule has 0 aromatic carbocycles. The van der Waals surface area contributed by atoms with Crippen LogP contribution in [-0.4, -0.2) is 18.2 Å². The summed E-state index contributed by atoms with van der Waals surface area (Å²) in [7, 11) is -3.33. The first-order chi connectivity index (χ1) is 7.12. The van der Waals surface area contributed by atoms with Crippen LogP contribution in [0.1, 0.15) is 15.2 Å². The molecule has 0 atom stereocenters. The Kier molecular flexibility index (Phi) is 3.69. The molecule has 0 unspecified atom stereocenters. The fourth-order valence-corrected chi connectivity index (χ4v) is 2.44. The molecule has 0 aliphatic heterocycles. The van der Waals surface area contributed by atoms with Crippen molar-refractivity contribution in [2.45, 2.75) is 13.8 Å². The third kappa shape index (κ3) is 2.64. The fourth-order valence-electron chi connectivity index (χ4n) is 0.976. The van der Waals surface area contributed by atoms with E-state index in [1.165, 1.54) is 18.3 Å². The van der Waals surface area contributed by atoms with Crippen LogP contribution in [0.25, 0.3) is 0 Å². The molecule has 1 rings (SSSR count). The standard InChI is InChI=1S/C9H14NO3P/c1-3-12-14(11,13-4-2)9-7-5-6-8-10-9/h5-8H,3-4H2,1-2H3/i5D. The van der Waals surface area contributed by atoms with Crippen molar-refractivity contribution in [1.82, 2.24) is 4.98 Å². The number of hydrogen-bond donors (Lipinski definition) is 0. The number of aromatic nitrogens is 1. The molecule has 1 aromatic rings. The van der Waals surface area contributed by atoms with E-state index in [1.807, 2.05) is 0 Å². The highest BCUT2D eigenvalue weighted by Gasteiger charge is 2.27. The van der Waals surface area contributed by atoms with Crippen molar-refractivity contribution in [3.8, 4) is 0 Å². The highest BCUT2D eigenvalue weighted by Crippen LogP contribution is 2.45. The van der Waals surface area contributed by atoms with Gasteiger partial charge in [-0.3, -0.25) is 4.57 Å². The maximum atomic E-state index is 12.2. The Bertz CT molecular complexity index is 362. The van der Waals surface area contributed by atoms with Crippen LogP contribution in [0.4, 0.5) is 0 Å². The predicted octanol–water partition coefficient (Wildman–Crippen LogP) is 1.97. The summed E-state index contributed by atoms with van der Waals surface area (Å²) in [5, 5.41) is 0. The molecule has 0 aliphatic carbocycles. The van der Waals surface area contributed by atoms with Gasteiger partial charge in [0.1, 0.15) is 0 Å². The molecule has 0 saturated carbocycles. The maximum absolute atomic E-state index is 12.2. The zero-order chi connectivity index (χ0) is 11.3. The highest BCUT2D eigenvalue weighted by atomic mass is 31.2. The van der Waals surface area contributed by atoms with Gasteiger partial charge in [-0.05, 0) is 26.0 Å². The lowest BCUT2D eigenvalue weighted by Gasteiger charge is -2.15. The van der Waals surface area contributed by atoms with E-state index < -0.39 is 7.60 Å². The molecule has 4 nitrogen and oxygen atoms in total. The summed E-state index contributed by atoms with van der Waals surface area (Å²) in [4.78, 5) is 3.92.